The molecule has 0 radical (unpaired) electrons. The fourth-order valence-electron chi connectivity index (χ4n) is 2.34. The summed E-state index contributed by atoms with van der Waals surface area (Å²) in [6, 6.07) is 9.59. The van der Waals surface area contributed by atoms with Crippen LogP contribution in [0.15, 0.2) is 53.4 Å². The van der Waals surface area contributed by atoms with Crippen LogP contribution in [-0.4, -0.2) is 19.2 Å². The molecule has 1 amide bonds. The molecule has 0 aliphatic heterocycles. The average molecular weight is 421 g/mol. The Morgan fingerprint density at radius 2 is 1.87 bits per heavy atom. The van der Waals surface area contributed by atoms with Crippen LogP contribution in [0, 0.1) is 18.6 Å². The van der Waals surface area contributed by atoms with Crippen LogP contribution >= 0.6 is 0 Å². The topological polar surface area (TPSA) is 76.7 Å². The van der Waals surface area contributed by atoms with Crippen molar-refractivity contribution in [2.45, 2.75) is 33.4 Å². The van der Waals surface area contributed by atoms with Crippen molar-refractivity contribution in [1.29, 1.82) is 0 Å². The number of carbonyl (C=O) groups is 1. The van der Waals surface area contributed by atoms with Gasteiger partial charge in [-0.1, -0.05) is 19.1 Å². The summed E-state index contributed by atoms with van der Waals surface area (Å²) in [7, 11) is 0. The van der Waals surface area contributed by atoms with Crippen molar-refractivity contribution < 1.29 is 22.7 Å². The first kappa shape index (κ1) is 24.9. The number of aliphatic imine (C=N–C) groups is 1. The predicted molar refractivity (Wildman–Crippen MR) is 113 cm³/mol. The highest BCUT2D eigenvalue weighted by molar-refractivity contribution is 5.94. The van der Waals surface area contributed by atoms with Crippen LogP contribution in [-0.2, 0) is 22.7 Å². The Kier molecular flexibility index (Phi) is 10.9. The molecule has 5 nitrogen and oxygen atoms in total. The first-order valence-corrected chi connectivity index (χ1v) is 9.25. The van der Waals surface area contributed by atoms with E-state index in [2.05, 4.69) is 29.7 Å². The van der Waals surface area contributed by atoms with E-state index in [0.29, 0.717) is 24.9 Å². The molecule has 0 unspecified atom stereocenters. The van der Waals surface area contributed by atoms with E-state index in [1.807, 2.05) is 25.1 Å². The normalized spacial score (nSPS) is 10.8. The number of anilines is 1. The van der Waals surface area contributed by atoms with Gasteiger partial charge < -0.3 is 15.8 Å². The van der Waals surface area contributed by atoms with Gasteiger partial charge in [0.15, 0.2) is 0 Å². The molecule has 0 aliphatic rings. The van der Waals surface area contributed by atoms with Crippen molar-refractivity contribution in [3.05, 3.63) is 76.7 Å². The zero-order chi connectivity index (χ0) is 22.5. The number of aryl methyl sites for hydroxylation is 1. The highest BCUT2D eigenvalue weighted by Gasteiger charge is 2.04. The van der Waals surface area contributed by atoms with E-state index in [4.69, 9.17) is 4.74 Å². The molecule has 0 saturated heterocycles. The number of carbonyl (C=O) groups excluding carboxylic acids is 1. The number of rotatable bonds is 8. The van der Waals surface area contributed by atoms with Gasteiger partial charge >= 0.3 is 5.91 Å². The van der Waals surface area contributed by atoms with Gasteiger partial charge in [0.1, 0.15) is 11.6 Å². The second kappa shape index (κ2) is 13.2. The van der Waals surface area contributed by atoms with Gasteiger partial charge in [0, 0.05) is 31.1 Å². The molecule has 0 bridgehead atoms. The van der Waals surface area contributed by atoms with Crippen molar-refractivity contribution in [2.75, 3.05) is 11.9 Å². The van der Waals surface area contributed by atoms with Crippen LogP contribution in [0.25, 0.3) is 0 Å². The third-order valence-electron chi connectivity index (χ3n) is 3.82. The fraction of sp³-hybridized carbons (Fsp3) is 0.273. The summed E-state index contributed by atoms with van der Waals surface area (Å²) in [5.74, 6) is -3.24. The number of amides is 1. The number of nitrogens with two attached hydrogens (primary N) is 1. The van der Waals surface area contributed by atoms with Crippen molar-refractivity contribution >= 4 is 18.3 Å². The molecule has 0 atom stereocenters. The number of hydrogen-bond acceptors (Lipinski definition) is 4. The molecule has 0 saturated carbocycles. The number of ether oxygens (including phenoxy) is 1. The summed E-state index contributed by atoms with van der Waals surface area (Å²) in [4.78, 5) is 12.7. The van der Waals surface area contributed by atoms with E-state index in [1.165, 1.54) is 12.1 Å². The van der Waals surface area contributed by atoms with Gasteiger partial charge in [0.05, 0.1) is 6.61 Å². The lowest BCUT2D eigenvalue weighted by molar-refractivity contribution is -0.115. The Bertz CT molecular complexity index is 866. The van der Waals surface area contributed by atoms with Gasteiger partial charge in [-0.05, 0) is 55.0 Å². The van der Waals surface area contributed by atoms with Crippen LogP contribution in [0.2, 0.25) is 0 Å². The monoisotopic (exact) mass is 421 g/mol. The lowest BCUT2D eigenvalue weighted by atomic mass is 10.1. The van der Waals surface area contributed by atoms with Crippen LogP contribution in [0.3, 0.4) is 0 Å². The summed E-state index contributed by atoms with van der Waals surface area (Å²) >= 11 is 0. The Morgan fingerprint density at radius 3 is 2.40 bits per heavy atom. The maximum absolute atomic E-state index is 13.2. The standard InChI is InChI=1S/C18H21F2NO.C4H5FN2O/c1-3-6-22-12-14-5-4-13(2)18(9-14)21-11-15-7-16(19)10-17(20)8-15;1-7-4(8)3(5)2-6/h4-5,7-10,21H,3,6,11-12H2,1-2H3;2H,1,6H2/b;3-2+. The van der Waals surface area contributed by atoms with E-state index in [0.717, 1.165) is 35.9 Å². The summed E-state index contributed by atoms with van der Waals surface area (Å²) in [5.41, 5.74) is 8.28. The second-order valence-electron chi connectivity index (χ2n) is 6.31. The Balaban J connectivity index is 0.000000479. The minimum Gasteiger partial charge on any atom is -0.402 e. The molecular weight excluding hydrogens is 395 g/mol. The van der Waals surface area contributed by atoms with Crippen LogP contribution in [0.5, 0.6) is 0 Å². The minimum atomic E-state index is -1.08. The molecule has 30 heavy (non-hydrogen) atoms. The van der Waals surface area contributed by atoms with Gasteiger partial charge in [0.25, 0.3) is 0 Å². The quantitative estimate of drug-likeness (QED) is 0.365. The highest BCUT2D eigenvalue weighted by Crippen LogP contribution is 2.19. The first-order chi connectivity index (χ1) is 14.3. The van der Waals surface area contributed by atoms with Gasteiger partial charge in [-0.3, -0.25) is 4.79 Å². The van der Waals surface area contributed by atoms with Crippen LogP contribution < -0.4 is 11.1 Å². The van der Waals surface area contributed by atoms with E-state index in [9.17, 15) is 18.0 Å². The lowest BCUT2D eigenvalue weighted by Crippen LogP contribution is -2.03. The van der Waals surface area contributed by atoms with Crippen molar-refractivity contribution in [3.8, 4) is 0 Å². The molecule has 162 valence electrons. The number of halogens is 3. The van der Waals surface area contributed by atoms with Crippen molar-refractivity contribution in [2.24, 2.45) is 10.7 Å². The first-order valence-electron chi connectivity index (χ1n) is 9.25. The minimum absolute atomic E-state index is 0.370. The zero-order valence-electron chi connectivity index (χ0n) is 17.1. The molecule has 0 fully saturated rings. The van der Waals surface area contributed by atoms with E-state index < -0.39 is 23.4 Å². The van der Waals surface area contributed by atoms with E-state index in [1.54, 1.807) is 0 Å². The summed E-state index contributed by atoms with van der Waals surface area (Å²) in [5, 5.41) is 3.23. The Morgan fingerprint density at radius 1 is 1.20 bits per heavy atom. The number of hydrogen-bond donors (Lipinski definition) is 2. The van der Waals surface area contributed by atoms with E-state index in [-0.39, 0.29) is 0 Å². The second-order valence-corrected chi connectivity index (χ2v) is 6.31. The zero-order valence-corrected chi connectivity index (χ0v) is 17.1. The number of nitrogens with one attached hydrogen (secondary N) is 1. The molecule has 2 rings (SSSR count). The maximum Gasteiger partial charge on any atom is 0.306 e. The number of nitrogens with zero attached hydrogens (tertiary/aromatic N) is 1. The van der Waals surface area contributed by atoms with Gasteiger partial charge in [-0.25, -0.2) is 13.8 Å². The molecule has 2 aromatic carbocycles. The smallest absolute Gasteiger partial charge is 0.306 e. The Hall–Kier alpha value is -3.13. The van der Waals surface area contributed by atoms with Gasteiger partial charge in [-0.2, -0.15) is 4.39 Å². The molecule has 3 N–H and O–H groups in total. The van der Waals surface area contributed by atoms with Gasteiger partial charge in [0.2, 0.25) is 5.83 Å². The largest absolute Gasteiger partial charge is 0.402 e. The molecular formula is C22H26F3N3O2. The molecule has 0 aliphatic carbocycles. The van der Waals surface area contributed by atoms with Crippen molar-refractivity contribution in [1.82, 2.24) is 0 Å². The summed E-state index contributed by atoms with van der Waals surface area (Å²) in [6.07, 6.45) is 1.53. The summed E-state index contributed by atoms with van der Waals surface area (Å²) < 4.78 is 43.7. The molecule has 0 aromatic heterocycles. The predicted octanol–water partition coefficient (Wildman–Crippen LogP) is 4.80. The van der Waals surface area contributed by atoms with Crippen LogP contribution in [0.1, 0.15) is 30.0 Å². The third-order valence-corrected chi connectivity index (χ3v) is 3.82. The molecule has 8 heteroatoms. The van der Waals surface area contributed by atoms with E-state index >= 15 is 0 Å². The van der Waals surface area contributed by atoms with Crippen molar-refractivity contribution in [3.63, 3.8) is 0 Å². The summed E-state index contributed by atoms with van der Waals surface area (Å²) in [6.45, 7) is 8.53. The van der Waals surface area contributed by atoms with Gasteiger partial charge in [-0.15, -0.1) is 0 Å². The molecule has 2 aromatic rings. The molecule has 0 spiro atoms. The maximum atomic E-state index is 13.2. The SMILES string of the molecule is C=NC(=O)/C(F)=C\N.CCCOCc1ccc(C)c(NCc2cc(F)cc(F)c2)c1. The average Bonchev–Trinajstić information content (AvgIpc) is 2.72. The lowest BCUT2D eigenvalue weighted by Gasteiger charge is -2.12. The fourth-order valence-corrected chi connectivity index (χ4v) is 2.34. The molecule has 0 heterocycles. The Labute approximate surface area is 174 Å². The number of benzene rings is 2. The third kappa shape index (κ3) is 8.91. The van der Waals surface area contributed by atoms with Crippen LogP contribution in [0.4, 0.5) is 18.9 Å². The highest BCUT2D eigenvalue weighted by atomic mass is 19.1.